The summed E-state index contributed by atoms with van der Waals surface area (Å²) in [6.45, 7) is 2.65. The highest BCUT2D eigenvalue weighted by Gasteiger charge is 2.30. The van der Waals surface area contributed by atoms with Gasteiger partial charge < -0.3 is 10.1 Å². The Morgan fingerprint density at radius 2 is 2.12 bits per heavy atom. The Bertz CT molecular complexity index is 413. The predicted octanol–water partition coefficient (Wildman–Crippen LogP) is 1.86. The first-order valence-electron chi connectivity index (χ1n) is 5.68. The molecule has 2 rings (SSSR count). The molecular formula is C13H15NO3. The van der Waals surface area contributed by atoms with Gasteiger partial charge in [0.2, 0.25) is 0 Å². The quantitative estimate of drug-likeness (QED) is 0.811. The molecule has 0 bridgehead atoms. The van der Waals surface area contributed by atoms with Crippen LogP contribution in [0.4, 0.5) is 5.69 Å². The molecule has 90 valence electrons. The minimum Gasteiger partial charge on any atom is -0.368 e. The van der Waals surface area contributed by atoms with Crippen molar-refractivity contribution in [2.75, 3.05) is 11.9 Å². The number of carbonyl (C=O) groups is 2. The third-order valence-corrected chi connectivity index (χ3v) is 2.96. The smallest absolute Gasteiger partial charge is 0.253 e. The van der Waals surface area contributed by atoms with Crippen molar-refractivity contribution in [2.45, 2.75) is 19.4 Å². The molecule has 1 aromatic rings. The van der Waals surface area contributed by atoms with Gasteiger partial charge in [-0.1, -0.05) is 6.92 Å². The van der Waals surface area contributed by atoms with Crippen molar-refractivity contribution in [1.29, 1.82) is 0 Å². The van der Waals surface area contributed by atoms with Gasteiger partial charge in [-0.3, -0.25) is 9.59 Å². The Morgan fingerprint density at radius 1 is 1.41 bits per heavy atom. The van der Waals surface area contributed by atoms with Crippen LogP contribution in [-0.4, -0.2) is 24.9 Å². The molecule has 1 amide bonds. The van der Waals surface area contributed by atoms with Gasteiger partial charge in [0.1, 0.15) is 12.4 Å². The van der Waals surface area contributed by atoms with Gasteiger partial charge in [0.05, 0.1) is 0 Å². The van der Waals surface area contributed by atoms with Crippen LogP contribution >= 0.6 is 0 Å². The zero-order chi connectivity index (χ0) is 12.3. The van der Waals surface area contributed by atoms with Gasteiger partial charge in [-0.15, -0.1) is 0 Å². The maximum absolute atomic E-state index is 11.9. The van der Waals surface area contributed by atoms with Crippen LogP contribution in [0, 0.1) is 5.92 Å². The van der Waals surface area contributed by atoms with Crippen LogP contribution in [0.15, 0.2) is 24.3 Å². The van der Waals surface area contributed by atoms with E-state index < -0.39 is 0 Å². The standard InChI is InChI=1S/C13H15NO3/c1-9-6-7-17-12(9)13(16)14-11-4-2-10(8-15)3-5-11/h2-5,8-9,12H,6-7H2,1H3,(H,14,16). The average molecular weight is 233 g/mol. The second-order valence-electron chi connectivity index (χ2n) is 4.29. The van der Waals surface area contributed by atoms with Gasteiger partial charge in [0, 0.05) is 17.9 Å². The zero-order valence-electron chi connectivity index (χ0n) is 9.68. The van der Waals surface area contributed by atoms with Crippen LogP contribution in [-0.2, 0) is 9.53 Å². The third-order valence-electron chi connectivity index (χ3n) is 2.96. The second-order valence-corrected chi connectivity index (χ2v) is 4.29. The van der Waals surface area contributed by atoms with Crippen molar-refractivity contribution < 1.29 is 14.3 Å². The van der Waals surface area contributed by atoms with Crippen molar-refractivity contribution in [2.24, 2.45) is 5.92 Å². The fraction of sp³-hybridized carbons (Fsp3) is 0.385. The normalized spacial score (nSPS) is 23.4. The number of hydrogen-bond acceptors (Lipinski definition) is 3. The predicted molar refractivity (Wildman–Crippen MR) is 64.0 cm³/mol. The summed E-state index contributed by atoms with van der Waals surface area (Å²) in [6.07, 6.45) is 1.33. The minimum absolute atomic E-state index is 0.117. The van der Waals surface area contributed by atoms with Crippen LogP contribution in [0.25, 0.3) is 0 Å². The van der Waals surface area contributed by atoms with E-state index in [0.29, 0.717) is 17.9 Å². The number of anilines is 1. The van der Waals surface area contributed by atoms with Gasteiger partial charge in [-0.05, 0) is 36.6 Å². The first-order valence-corrected chi connectivity index (χ1v) is 5.68. The van der Waals surface area contributed by atoms with Crippen LogP contribution in [0.2, 0.25) is 0 Å². The van der Waals surface area contributed by atoms with Gasteiger partial charge in [0.25, 0.3) is 5.91 Å². The molecule has 0 aliphatic carbocycles. The van der Waals surface area contributed by atoms with E-state index in [0.717, 1.165) is 12.7 Å². The molecule has 1 N–H and O–H groups in total. The van der Waals surface area contributed by atoms with Crippen LogP contribution in [0.1, 0.15) is 23.7 Å². The highest BCUT2D eigenvalue weighted by molar-refractivity contribution is 5.94. The molecule has 1 aliphatic heterocycles. The molecule has 0 saturated carbocycles. The molecule has 1 fully saturated rings. The van der Waals surface area contributed by atoms with E-state index in [1.807, 2.05) is 6.92 Å². The van der Waals surface area contributed by atoms with Crippen LogP contribution < -0.4 is 5.32 Å². The van der Waals surface area contributed by atoms with E-state index in [2.05, 4.69) is 5.32 Å². The molecule has 0 radical (unpaired) electrons. The Labute approximate surface area is 100.0 Å². The van der Waals surface area contributed by atoms with Crippen LogP contribution in [0.3, 0.4) is 0 Å². The molecule has 0 aromatic heterocycles. The minimum atomic E-state index is -0.360. The highest BCUT2D eigenvalue weighted by Crippen LogP contribution is 2.21. The largest absolute Gasteiger partial charge is 0.368 e. The maximum Gasteiger partial charge on any atom is 0.253 e. The van der Waals surface area contributed by atoms with E-state index in [1.54, 1.807) is 24.3 Å². The van der Waals surface area contributed by atoms with E-state index in [4.69, 9.17) is 4.74 Å². The van der Waals surface area contributed by atoms with Crippen molar-refractivity contribution in [3.05, 3.63) is 29.8 Å². The summed E-state index contributed by atoms with van der Waals surface area (Å²) < 4.78 is 5.38. The van der Waals surface area contributed by atoms with Crippen molar-refractivity contribution in [3.8, 4) is 0 Å². The Balaban J connectivity index is 1.99. The fourth-order valence-electron chi connectivity index (χ4n) is 1.89. The SMILES string of the molecule is CC1CCOC1C(=O)Nc1ccc(C=O)cc1. The van der Waals surface area contributed by atoms with E-state index in [9.17, 15) is 9.59 Å². The Morgan fingerprint density at radius 3 is 2.65 bits per heavy atom. The molecule has 1 saturated heterocycles. The van der Waals surface area contributed by atoms with Crippen LogP contribution in [0.5, 0.6) is 0 Å². The molecule has 4 nitrogen and oxygen atoms in total. The summed E-state index contributed by atoms with van der Waals surface area (Å²) in [4.78, 5) is 22.4. The van der Waals surface area contributed by atoms with E-state index in [1.165, 1.54) is 0 Å². The molecular weight excluding hydrogens is 218 g/mol. The lowest BCUT2D eigenvalue weighted by atomic mass is 10.0. The lowest BCUT2D eigenvalue weighted by Gasteiger charge is -2.14. The topological polar surface area (TPSA) is 55.4 Å². The maximum atomic E-state index is 11.9. The lowest BCUT2D eigenvalue weighted by molar-refractivity contribution is -0.126. The first-order chi connectivity index (χ1) is 8.20. The Hall–Kier alpha value is -1.68. The number of benzene rings is 1. The first kappa shape index (κ1) is 11.8. The summed E-state index contributed by atoms with van der Waals surface area (Å²) in [5.74, 6) is 0.137. The average Bonchev–Trinajstić information content (AvgIpc) is 2.76. The summed E-state index contributed by atoms with van der Waals surface area (Å²) in [6, 6.07) is 6.76. The fourth-order valence-corrected chi connectivity index (χ4v) is 1.89. The third kappa shape index (κ3) is 2.71. The molecule has 1 aromatic carbocycles. The number of ether oxygens (including phenoxy) is 1. The monoisotopic (exact) mass is 233 g/mol. The Kier molecular flexibility index (Phi) is 3.54. The number of nitrogens with one attached hydrogen (secondary N) is 1. The van der Waals surface area contributed by atoms with E-state index >= 15 is 0 Å². The lowest BCUT2D eigenvalue weighted by Crippen LogP contribution is -2.31. The molecule has 1 heterocycles. The number of aldehydes is 1. The number of carbonyl (C=O) groups excluding carboxylic acids is 2. The molecule has 17 heavy (non-hydrogen) atoms. The molecule has 4 heteroatoms. The second kappa shape index (κ2) is 5.10. The van der Waals surface area contributed by atoms with Gasteiger partial charge in [0.15, 0.2) is 0 Å². The van der Waals surface area contributed by atoms with E-state index in [-0.39, 0.29) is 17.9 Å². The van der Waals surface area contributed by atoms with Crippen molar-refractivity contribution in [3.63, 3.8) is 0 Å². The van der Waals surface area contributed by atoms with Crippen molar-refractivity contribution in [1.82, 2.24) is 0 Å². The molecule has 2 atom stereocenters. The summed E-state index contributed by atoms with van der Waals surface area (Å²) in [5.41, 5.74) is 1.27. The number of hydrogen-bond donors (Lipinski definition) is 1. The summed E-state index contributed by atoms with van der Waals surface area (Å²) in [7, 11) is 0. The highest BCUT2D eigenvalue weighted by atomic mass is 16.5. The zero-order valence-corrected chi connectivity index (χ0v) is 9.68. The summed E-state index contributed by atoms with van der Waals surface area (Å²) in [5, 5.41) is 2.79. The van der Waals surface area contributed by atoms with Gasteiger partial charge >= 0.3 is 0 Å². The summed E-state index contributed by atoms with van der Waals surface area (Å²) >= 11 is 0. The molecule has 2 unspecified atom stereocenters. The number of amides is 1. The van der Waals surface area contributed by atoms with Gasteiger partial charge in [-0.25, -0.2) is 0 Å². The number of rotatable bonds is 3. The molecule has 1 aliphatic rings. The molecule has 0 spiro atoms. The van der Waals surface area contributed by atoms with Gasteiger partial charge in [-0.2, -0.15) is 0 Å². The van der Waals surface area contributed by atoms with Crippen molar-refractivity contribution >= 4 is 17.9 Å².